The molecule has 0 aliphatic rings. The molecule has 2 rings (SSSR count). The van der Waals surface area contributed by atoms with E-state index in [0.29, 0.717) is 12.3 Å². The third-order valence-corrected chi connectivity index (χ3v) is 4.69. The highest BCUT2D eigenvalue weighted by Crippen LogP contribution is 2.26. The number of aryl methyl sites for hydroxylation is 2. The Balaban J connectivity index is 1.92. The van der Waals surface area contributed by atoms with Crippen LogP contribution in [0.4, 0.5) is 5.69 Å². The van der Waals surface area contributed by atoms with Crippen molar-refractivity contribution in [2.24, 2.45) is 0 Å². The van der Waals surface area contributed by atoms with Crippen LogP contribution in [0.2, 0.25) is 0 Å². The molecule has 0 atom stereocenters. The number of benzene rings is 2. The number of carbonyl (C=O) groups is 2. The molecule has 0 aliphatic carbocycles. The summed E-state index contributed by atoms with van der Waals surface area (Å²) in [7, 11) is 3.49. The van der Waals surface area contributed by atoms with Crippen molar-refractivity contribution >= 4 is 17.6 Å². The highest BCUT2D eigenvalue weighted by Gasteiger charge is 2.29. The van der Waals surface area contributed by atoms with Gasteiger partial charge in [-0.3, -0.25) is 9.69 Å². The largest absolute Gasteiger partial charge is 0.496 e. The summed E-state index contributed by atoms with van der Waals surface area (Å²) in [6.45, 7) is 7.66. The maximum absolute atomic E-state index is 12.4. The number of ether oxygens (including phenoxy) is 2. The zero-order valence-electron chi connectivity index (χ0n) is 18.4. The van der Waals surface area contributed by atoms with E-state index < -0.39 is 11.6 Å². The van der Waals surface area contributed by atoms with Gasteiger partial charge in [0.25, 0.3) is 0 Å². The van der Waals surface area contributed by atoms with E-state index >= 15 is 0 Å². The second kappa shape index (κ2) is 9.63. The van der Waals surface area contributed by atoms with Crippen molar-refractivity contribution in [1.29, 1.82) is 0 Å². The molecule has 0 saturated carbocycles. The van der Waals surface area contributed by atoms with Gasteiger partial charge >= 0.3 is 5.97 Å². The van der Waals surface area contributed by atoms with Crippen molar-refractivity contribution in [2.45, 2.75) is 39.8 Å². The maximum atomic E-state index is 12.4. The number of anilines is 1. The first-order valence-electron chi connectivity index (χ1n) is 9.67. The van der Waals surface area contributed by atoms with Crippen LogP contribution >= 0.6 is 0 Å². The number of carboxylic acid groups (broad SMARTS) is 1. The van der Waals surface area contributed by atoms with E-state index in [2.05, 4.69) is 5.32 Å². The fourth-order valence-corrected chi connectivity index (χ4v) is 2.95. The molecular formula is C23H30N2O5. The monoisotopic (exact) mass is 414 g/mol. The molecule has 0 radical (unpaired) electrons. The van der Waals surface area contributed by atoms with Gasteiger partial charge in [0, 0.05) is 12.2 Å². The molecule has 7 nitrogen and oxygen atoms in total. The minimum Gasteiger partial charge on any atom is -0.496 e. The predicted octanol–water partition coefficient (Wildman–Crippen LogP) is 3.62. The van der Waals surface area contributed by atoms with Gasteiger partial charge in [-0.15, -0.1) is 0 Å². The Morgan fingerprint density at radius 1 is 1.10 bits per heavy atom. The van der Waals surface area contributed by atoms with Crippen molar-refractivity contribution in [3.05, 3.63) is 53.1 Å². The Bertz CT molecular complexity index is 907. The highest BCUT2D eigenvalue weighted by molar-refractivity contribution is 5.93. The van der Waals surface area contributed by atoms with Crippen LogP contribution in [0.15, 0.2) is 36.4 Å². The van der Waals surface area contributed by atoms with Crippen LogP contribution in [0.5, 0.6) is 11.5 Å². The molecule has 0 unspecified atom stereocenters. The summed E-state index contributed by atoms with van der Waals surface area (Å²) >= 11 is 0. The van der Waals surface area contributed by atoms with Gasteiger partial charge in [-0.05, 0) is 75.7 Å². The lowest BCUT2D eigenvalue weighted by atomic mass is 10.1. The smallest absolute Gasteiger partial charge is 0.347 e. The molecule has 0 aromatic heterocycles. The Labute approximate surface area is 177 Å². The molecule has 0 fully saturated rings. The van der Waals surface area contributed by atoms with Crippen LogP contribution in [-0.2, 0) is 16.1 Å². The molecule has 2 N–H and O–H groups in total. The number of carboxylic acids is 1. The molecular weight excluding hydrogens is 384 g/mol. The minimum absolute atomic E-state index is 0.103. The zero-order chi connectivity index (χ0) is 22.5. The Morgan fingerprint density at radius 3 is 2.30 bits per heavy atom. The van der Waals surface area contributed by atoms with Crippen LogP contribution in [0.3, 0.4) is 0 Å². The molecule has 2 aromatic rings. The van der Waals surface area contributed by atoms with Gasteiger partial charge in [0.15, 0.2) is 5.60 Å². The van der Waals surface area contributed by atoms with Crippen molar-refractivity contribution in [1.82, 2.24) is 4.90 Å². The third kappa shape index (κ3) is 6.22. The Hall–Kier alpha value is -3.06. The summed E-state index contributed by atoms with van der Waals surface area (Å²) in [6, 6.07) is 11.0. The van der Waals surface area contributed by atoms with E-state index in [4.69, 9.17) is 14.6 Å². The van der Waals surface area contributed by atoms with E-state index in [1.807, 2.05) is 50.1 Å². The van der Waals surface area contributed by atoms with Crippen molar-refractivity contribution < 1.29 is 24.2 Å². The Kier molecular flexibility index (Phi) is 7.45. The lowest BCUT2D eigenvalue weighted by Crippen LogP contribution is -2.37. The van der Waals surface area contributed by atoms with Crippen LogP contribution in [-0.4, -0.2) is 48.2 Å². The number of methoxy groups -OCH3 is 1. The van der Waals surface area contributed by atoms with E-state index in [1.54, 1.807) is 19.2 Å². The molecule has 0 heterocycles. The van der Waals surface area contributed by atoms with Gasteiger partial charge in [0.2, 0.25) is 5.91 Å². The van der Waals surface area contributed by atoms with Gasteiger partial charge in [-0.2, -0.15) is 0 Å². The summed E-state index contributed by atoms with van der Waals surface area (Å²) in [5.41, 5.74) is 2.36. The minimum atomic E-state index is -1.30. The van der Waals surface area contributed by atoms with E-state index in [-0.39, 0.29) is 12.5 Å². The summed E-state index contributed by atoms with van der Waals surface area (Å²) in [5.74, 6) is 0.145. The lowest BCUT2D eigenvalue weighted by molar-refractivity contribution is -0.152. The standard InChI is InChI=1S/C23H30N2O5/c1-15-12-20(29-6)16(2)11-19(15)24-21(26)14-25(5)13-17-7-9-18(10-8-17)30-23(3,4)22(27)28/h7-12H,13-14H2,1-6H3,(H,24,26)(H,27,28). The normalized spacial score (nSPS) is 11.3. The second-order valence-electron chi connectivity index (χ2n) is 7.92. The fraction of sp³-hybridized carbons (Fsp3) is 0.391. The molecule has 7 heteroatoms. The first-order chi connectivity index (χ1) is 14.0. The SMILES string of the molecule is COc1cc(C)c(NC(=O)CN(C)Cc2ccc(OC(C)(C)C(=O)O)cc2)cc1C. The van der Waals surface area contributed by atoms with E-state index in [0.717, 1.165) is 28.1 Å². The molecule has 0 bridgehead atoms. The molecule has 30 heavy (non-hydrogen) atoms. The third-order valence-electron chi connectivity index (χ3n) is 4.69. The maximum Gasteiger partial charge on any atom is 0.347 e. The van der Waals surface area contributed by atoms with E-state index in [1.165, 1.54) is 13.8 Å². The first-order valence-corrected chi connectivity index (χ1v) is 9.67. The van der Waals surface area contributed by atoms with Crippen LogP contribution in [0.25, 0.3) is 0 Å². The number of likely N-dealkylation sites (N-methyl/N-ethyl adjacent to an activating group) is 1. The number of carbonyl (C=O) groups excluding carboxylic acids is 1. The molecule has 162 valence electrons. The zero-order valence-corrected chi connectivity index (χ0v) is 18.4. The molecule has 0 aliphatic heterocycles. The number of nitrogens with one attached hydrogen (secondary N) is 1. The van der Waals surface area contributed by atoms with Gasteiger partial charge < -0.3 is 19.9 Å². The lowest BCUT2D eigenvalue weighted by Gasteiger charge is -2.22. The molecule has 2 aromatic carbocycles. The number of amides is 1. The number of nitrogens with zero attached hydrogens (tertiary/aromatic N) is 1. The van der Waals surface area contributed by atoms with Crippen molar-refractivity contribution in [3.63, 3.8) is 0 Å². The van der Waals surface area contributed by atoms with Gasteiger partial charge in [0.05, 0.1) is 13.7 Å². The van der Waals surface area contributed by atoms with Crippen molar-refractivity contribution in [2.75, 3.05) is 26.0 Å². The van der Waals surface area contributed by atoms with Gasteiger partial charge in [-0.25, -0.2) is 4.79 Å². The quantitative estimate of drug-likeness (QED) is 0.652. The van der Waals surface area contributed by atoms with Gasteiger partial charge in [-0.1, -0.05) is 12.1 Å². The van der Waals surface area contributed by atoms with Crippen molar-refractivity contribution in [3.8, 4) is 11.5 Å². The molecule has 0 spiro atoms. The predicted molar refractivity (Wildman–Crippen MR) is 116 cm³/mol. The number of hydrogen-bond donors (Lipinski definition) is 2. The highest BCUT2D eigenvalue weighted by atomic mass is 16.5. The number of rotatable bonds is 9. The average molecular weight is 415 g/mol. The summed E-state index contributed by atoms with van der Waals surface area (Å²) in [6.07, 6.45) is 0. The number of hydrogen-bond acceptors (Lipinski definition) is 5. The molecule has 0 saturated heterocycles. The average Bonchev–Trinajstić information content (AvgIpc) is 2.65. The first kappa shape index (κ1) is 23.2. The van der Waals surface area contributed by atoms with Crippen LogP contribution in [0, 0.1) is 13.8 Å². The Morgan fingerprint density at radius 2 is 1.73 bits per heavy atom. The summed E-state index contributed by atoms with van der Waals surface area (Å²) in [5, 5.41) is 12.1. The topological polar surface area (TPSA) is 88.1 Å². The summed E-state index contributed by atoms with van der Waals surface area (Å²) in [4.78, 5) is 25.5. The van der Waals surface area contributed by atoms with E-state index in [9.17, 15) is 9.59 Å². The van der Waals surface area contributed by atoms with Gasteiger partial charge in [0.1, 0.15) is 11.5 Å². The molecule has 1 amide bonds. The fourth-order valence-electron chi connectivity index (χ4n) is 2.95. The summed E-state index contributed by atoms with van der Waals surface area (Å²) < 4.78 is 10.8. The van der Waals surface area contributed by atoms with Crippen LogP contribution in [0.1, 0.15) is 30.5 Å². The second-order valence-corrected chi connectivity index (χ2v) is 7.92. The van der Waals surface area contributed by atoms with Crippen LogP contribution < -0.4 is 14.8 Å². The number of aliphatic carboxylic acids is 1.